The van der Waals surface area contributed by atoms with Crippen LogP contribution >= 0.6 is 10.7 Å². The Labute approximate surface area is 87.8 Å². The molecular weight excluding hydrogens is 224 g/mol. The van der Waals surface area contributed by atoms with Crippen molar-refractivity contribution in [3.05, 3.63) is 29.3 Å². The number of phenols is 1. The highest BCUT2D eigenvalue weighted by Gasteiger charge is 2.12. The van der Waals surface area contributed by atoms with Crippen molar-refractivity contribution in [3.8, 4) is 5.75 Å². The summed E-state index contributed by atoms with van der Waals surface area (Å²) in [6, 6.07) is 5.00. The topological polar surface area (TPSA) is 54.4 Å². The summed E-state index contributed by atoms with van der Waals surface area (Å²) in [4.78, 5) is 0. The molecule has 1 rings (SSSR count). The molecule has 14 heavy (non-hydrogen) atoms. The molecule has 0 aliphatic carbocycles. The summed E-state index contributed by atoms with van der Waals surface area (Å²) in [5.74, 6) is -0.312. The average Bonchev–Trinajstić information content (AvgIpc) is 2.06. The first-order valence-electron chi connectivity index (χ1n) is 4.16. The molecule has 0 unspecified atom stereocenters. The van der Waals surface area contributed by atoms with E-state index in [2.05, 4.69) is 0 Å². The number of halogens is 1. The van der Waals surface area contributed by atoms with Crippen molar-refractivity contribution in [3.63, 3.8) is 0 Å². The van der Waals surface area contributed by atoms with Crippen molar-refractivity contribution in [1.29, 1.82) is 0 Å². The number of rotatable bonds is 3. The van der Waals surface area contributed by atoms with Gasteiger partial charge in [-0.15, -0.1) is 0 Å². The highest BCUT2D eigenvalue weighted by molar-refractivity contribution is 8.13. The minimum Gasteiger partial charge on any atom is -0.507 e. The van der Waals surface area contributed by atoms with Crippen molar-refractivity contribution >= 4 is 19.7 Å². The fourth-order valence-corrected chi connectivity index (χ4v) is 2.19. The third-order valence-corrected chi connectivity index (χ3v) is 2.90. The van der Waals surface area contributed by atoms with Crippen LogP contribution in [-0.4, -0.2) is 13.5 Å². The third kappa shape index (κ3) is 2.89. The molecule has 5 heteroatoms. The molecule has 0 heterocycles. The van der Waals surface area contributed by atoms with E-state index >= 15 is 0 Å². The number of hydrogen-bond acceptors (Lipinski definition) is 3. The van der Waals surface area contributed by atoms with Crippen LogP contribution in [0.15, 0.2) is 18.2 Å². The zero-order chi connectivity index (χ0) is 10.8. The van der Waals surface area contributed by atoms with Crippen molar-refractivity contribution in [2.45, 2.75) is 19.1 Å². The summed E-state index contributed by atoms with van der Waals surface area (Å²) in [5.41, 5.74) is 1.07. The lowest BCUT2D eigenvalue weighted by molar-refractivity contribution is 0.463. The quantitative estimate of drug-likeness (QED) is 0.815. The number of aryl methyl sites for hydroxylation is 1. The van der Waals surface area contributed by atoms with E-state index in [-0.39, 0.29) is 11.5 Å². The van der Waals surface area contributed by atoms with Crippen LogP contribution in [0.4, 0.5) is 0 Å². The fraction of sp³-hybridized carbons (Fsp3) is 0.333. The van der Waals surface area contributed by atoms with Gasteiger partial charge >= 0.3 is 0 Å². The van der Waals surface area contributed by atoms with Gasteiger partial charge in [-0.05, 0) is 12.0 Å². The lowest BCUT2D eigenvalue weighted by Gasteiger charge is -2.06. The van der Waals surface area contributed by atoms with E-state index in [0.29, 0.717) is 12.0 Å². The average molecular weight is 235 g/mol. The standard InChI is InChI=1S/C9H11ClO3S/c1-2-7-4-3-5-8(9(7)11)6-14(10,12)13/h3-5,11H,2,6H2,1H3. The van der Waals surface area contributed by atoms with Crippen LogP contribution in [-0.2, 0) is 21.2 Å². The summed E-state index contributed by atoms with van der Waals surface area (Å²) in [7, 11) is 1.48. The van der Waals surface area contributed by atoms with Gasteiger partial charge in [-0.25, -0.2) is 8.42 Å². The molecule has 0 aliphatic rings. The van der Waals surface area contributed by atoms with Crippen LogP contribution in [0.2, 0.25) is 0 Å². The molecule has 0 bridgehead atoms. The van der Waals surface area contributed by atoms with Crippen LogP contribution in [0.25, 0.3) is 0 Å². The molecule has 1 N–H and O–H groups in total. The van der Waals surface area contributed by atoms with E-state index in [9.17, 15) is 13.5 Å². The van der Waals surface area contributed by atoms with Gasteiger partial charge in [0.05, 0.1) is 5.75 Å². The molecule has 1 aromatic rings. The van der Waals surface area contributed by atoms with Crippen LogP contribution < -0.4 is 0 Å². The molecule has 0 spiro atoms. The molecule has 0 saturated carbocycles. The molecule has 0 saturated heterocycles. The Balaban J connectivity index is 3.10. The molecule has 1 aromatic carbocycles. The predicted octanol–water partition coefficient (Wildman–Crippen LogP) is 2.02. The lowest BCUT2D eigenvalue weighted by Crippen LogP contribution is -1.97. The highest BCUT2D eigenvalue weighted by Crippen LogP contribution is 2.25. The first kappa shape index (κ1) is 11.3. The maximum atomic E-state index is 10.8. The molecule has 3 nitrogen and oxygen atoms in total. The lowest BCUT2D eigenvalue weighted by atomic mass is 10.1. The van der Waals surface area contributed by atoms with Crippen molar-refractivity contribution in [2.24, 2.45) is 0 Å². The summed E-state index contributed by atoms with van der Waals surface area (Å²) >= 11 is 0. The Bertz CT molecular complexity index is 426. The van der Waals surface area contributed by atoms with E-state index < -0.39 is 9.05 Å². The third-order valence-electron chi connectivity index (χ3n) is 1.91. The molecule has 0 aromatic heterocycles. The Morgan fingerprint density at radius 2 is 1.93 bits per heavy atom. The van der Waals surface area contributed by atoms with Crippen molar-refractivity contribution in [1.82, 2.24) is 0 Å². The first-order chi connectivity index (χ1) is 6.44. The number of aromatic hydroxyl groups is 1. The molecule has 0 atom stereocenters. The van der Waals surface area contributed by atoms with E-state index in [1.54, 1.807) is 18.2 Å². The van der Waals surface area contributed by atoms with Gasteiger partial charge in [0, 0.05) is 16.2 Å². The Morgan fingerprint density at radius 1 is 1.36 bits per heavy atom. The second-order valence-electron chi connectivity index (χ2n) is 2.96. The first-order valence-corrected chi connectivity index (χ1v) is 6.64. The summed E-state index contributed by atoms with van der Waals surface area (Å²) in [6.45, 7) is 1.88. The van der Waals surface area contributed by atoms with E-state index in [1.807, 2.05) is 6.92 Å². The number of benzene rings is 1. The van der Waals surface area contributed by atoms with Gasteiger partial charge in [-0.3, -0.25) is 0 Å². The Morgan fingerprint density at radius 3 is 2.43 bits per heavy atom. The Kier molecular flexibility index (Phi) is 3.39. The second kappa shape index (κ2) is 4.19. The minimum atomic E-state index is -3.61. The van der Waals surface area contributed by atoms with E-state index in [4.69, 9.17) is 10.7 Å². The highest BCUT2D eigenvalue weighted by atomic mass is 35.7. The largest absolute Gasteiger partial charge is 0.507 e. The predicted molar refractivity (Wildman–Crippen MR) is 56.0 cm³/mol. The maximum Gasteiger partial charge on any atom is 0.236 e. The summed E-state index contributed by atoms with van der Waals surface area (Å²) < 4.78 is 21.6. The van der Waals surface area contributed by atoms with Gasteiger partial charge in [0.1, 0.15) is 5.75 Å². The van der Waals surface area contributed by atoms with Gasteiger partial charge in [0.25, 0.3) is 0 Å². The minimum absolute atomic E-state index is 0.0271. The maximum absolute atomic E-state index is 10.8. The van der Waals surface area contributed by atoms with E-state index in [1.165, 1.54) is 0 Å². The normalized spacial score (nSPS) is 11.6. The molecule has 0 fully saturated rings. The number of para-hydroxylation sites is 1. The molecule has 0 aliphatic heterocycles. The van der Waals surface area contributed by atoms with Crippen molar-refractivity contribution in [2.75, 3.05) is 0 Å². The second-order valence-corrected chi connectivity index (χ2v) is 5.74. The van der Waals surface area contributed by atoms with Gasteiger partial charge in [0.15, 0.2) is 0 Å². The zero-order valence-corrected chi connectivity index (χ0v) is 9.27. The molecule has 0 amide bonds. The SMILES string of the molecule is CCc1cccc(CS(=O)(=O)Cl)c1O. The summed E-state index contributed by atoms with van der Waals surface area (Å²) in [5, 5.41) is 9.63. The summed E-state index contributed by atoms with van der Waals surface area (Å²) in [6.07, 6.45) is 0.655. The molecule has 78 valence electrons. The molecular formula is C9H11ClO3S. The van der Waals surface area contributed by atoms with Crippen molar-refractivity contribution < 1.29 is 13.5 Å². The molecule has 0 radical (unpaired) electrons. The van der Waals surface area contributed by atoms with Crippen LogP contribution in [0.3, 0.4) is 0 Å². The Hall–Kier alpha value is -0.740. The number of phenolic OH excluding ortho intramolecular Hbond substituents is 1. The van der Waals surface area contributed by atoms with Crippen LogP contribution in [0.5, 0.6) is 5.75 Å². The van der Waals surface area contributed by atoms with E-state index in [0.717, 1.165) is 5.56 Å². The fourth-order valence-electron chi connectivity index (χ4n) is 1.23. The smallest absolute Gasteiger partial charge is 0.236 e. The van der Waals surface area contributed by atoms with Crippen LogP contribution in [0.1, 0.15) is 18.1 Å². The van der Waals surface area contributed by atoms with Gasteiger partial charge < -0.3 is 5.11 Å². The monoisotopic (exact) mass is 234 g/mol. The zero-order valence-electron chi connectivity index (χ0n) is 7.70. The van der Waals surface area contributed by atoms with Gasteiger partial charge in [-0.2, -0.15) is 0 Å². The van der Waals surface area contributed by atoms with Crippen LogP contribution in [0, 0.1) is 0 Å². The van der Waals surface area contributed by atoms with Gasteiger partial charge in [-0.1, -0.05) is 25.1 Å². The number of hydrogen-bond donors (Lipinski definition) is 1. The van der Waals surface area contributed by atoms with Gasteiger partial charge in [0.2, 0.25) is 9.05 Å².